The number of hydrogen-bond acceptors (Lipinski definition) is 3. The molecule has 1 aromatic rings. The molecule has 3 heteroatoms. The summed E-state index contributed by atoms with van der Waals surface area (Å²) in [6.07, 6.45) is 6.80. The smallest absolute Gasteiger partial charge is 0.119 e. The van der Waals surface area contributed by atoms with Crippen molar-refractivity contribution in [3.05, 3.63) is 24.3 Å². The van der Waals surface area contributed by atoms with E-state index in [1.165, 1.54) is 45.2 Å². The second-order valence-electron chi connectivity index (χ2n) is 5.47. The molecule has 3 rings (SSSR count). The predicted octanol–water partition coefficient (Wildman–Crippen LogP) is 2.66. The van der Waals surface area contributed by atoms with Gasteiger partial charge in [0.15, 0.2) is 0 Å². The molecule has 1 aromatic carbocycles. The molecule has 0 aliphatic carbocycles. The highest BCUT2D eigenvalue weighted by molar-refractivity contribution is 5.41. The van der Waals surface area contributed by atoms with Crippen molar-refractivity contribution in [2.45, 2.75) is 44.2 Å². The van der Waals surface area contributed by atoms with E-state index in [1.54, 1.807) is 0 Å². The average Bonchev–Trinajstić information content (AvgIpc) is 2.42. The summed E-state index contributed by atoms with van der Waals surface area (Å²) >= 11 is 0. The molecule has 2 saturated heterocycles. The zero-order chi connectivity index (χ0) is 12.4. The van der Waals surface area contributed by atoms with Crippen LogP contribution in [0.15, 0.2) is 24.3 Å². The van der Waals surface area contributed by atoms with Crippen molar-refractivity contribution < 1.29 is 4.74 Å². The molecule has 2 aliphatic heterocycles. The zero-order valence-electron chi connectivity index (χ0n) is 10.8. The Labute approximate surface area is 109 Å². The summed E-state index contributed by atoms with van der Waals surface area (Å²) in [7, 11) is 0. The molecule has 2 N–H and O–H groups in total. The fourth-order valence-electron chi connectivity index (χ4n) is 3.26. The van der Waals surface area contributed by atoms with Gasteiger partial charge in [-0.2, -0.15) is 0 Å². The lowest BCUT2D eigenvalue weighted by Crippen LogP contribution is -2.52. The first-order valence-corrected chi connectivity index (χ1v) is 7.09. The van der Waals surface area contributed by atoms with Gasteiger partial charge in [0, 0.05) is 11.7 Å². The lowest BCUT2D eigenvalue weighted by Gasteiger charge is -2.43. The Morgan fingerprint density at radius 3 is 2.61 bits per heavy atom. The van der Waals surface area contributed by atoms with Gasteiger partial charge >= 0.3 is 0 Å². The van der Waals surface area contributed by atoms with Crippen molar-refractivity contribution in [2.24, 2.45) is 0 Å². The molecule has 3 nitrogen and oxygen atoms in total. The third-order valence-electron chi connectivity index (χ3n) is 4.19. The van der Waals surface area contributed by atoms with Crippen LogP contribution in [0.3, 0.4) is 0 Å². The topological polar surface area (TPSA) is 38.5 Å². The Morgan fingerprint density at radius 2 is 1.78 bits per heavy atom. The van der Waals surface area contributed by atoms with E-state index in [-0.39, 0.29) is 0 Å². The van der Waals surface area contributed by atoms with Gasteiger partial charge in [0.1, 0.15) is 11.9 Å². The quantitative estimate of drug-likeness (QED) is 0.815. The minimum absolute atomic E-state index is 0.364. The molecule has 0 saturated carbocycles. The maximum Gasteiger partial charge on any atom is 0.119 e. The number of nitrogen functional groups attached to an aromatic ring is 1. The third-order valence-corrected chi connectivity index (χ3v) is 4.19. The molecule has 0 aromatic heterocycles. The molecular weight excluding hydrogens is 224 g/mol. The van der Waals surface area contributed by atoms with Crippen LogP contribution in [0.2, 0.25) is 0 Å². The molecule has 98 valence electrons. The largest absolute Gasteiger partial charge is 0.489 e. The lowest BCUT2D eigenvalue weighted by atomic mass is 9.90. The van der Waals surface area contributed by atoms with Crippen LogP contribution in [0.5, 0.6) is 5.75 Å². The van der Waals surface area contributed by atoms with Crippen LogP contribution in [-0.2, 0) is 0 Å². The Morgan fingerprint density at radius 1 is 1.00 bits per heavy atom. The minimum atomic E-state index is 0.364. The van der Waals surface area contributed by atoms with Crippen molar-refractivity contribution in [2.75, 3.05) is 18.8 Å². The molecule has 0 amide bonds. The second kappa shape index (κ2) is 5.19. The predicted molar refractivity (Wildman–Crippen MR) is 73.7 cm³/mol. The van der Waals surface area contributed by atoms with Gasteiger partial charge in [-0.15, -0.1) is 0 Å². The van der Waals surface area contributed by atoms with Gasteiger partial charge in [-0.1, -0.05) is 6.42 Å². The molecule has 2 heterocycles. The van der Waals surface area contributed by atoms with Gasteiger partial charge in [0.05, 0.1) is 0 Å². The summed E-state index contributed by atoms with van der Waals surface area (Å²) in [5.41, 5.74) is 6.50. The van der Waals surface area contributed by atoms with Crippen LogP contribution < -0.4 is 10.5 Å². The highest BCUT2D eigenvalue weighted by Crippen LogP contribution is 2.29. The van der Waals surface area contributed by atoms with E-state index in [4.69, 9.17) is 10.5 Å². The molecular formula is C15H22N2O. The van der Waals surface area contributed by atoms with Gasteiger partial charge in [-0.3, -0.25) is 4.90 Å². The van der Waals surface area contributed by atoms with E-state index in [1.807, 2.05) is 24.3 Å². The summed E-state index contributed by atoms with van der Waals surface area (Å²) < 4.78 is 6.18. The maximum absolute atomic E-state index is 6.18. The van der Waals surface area contributed by atoms with E-state index >= 15 is 0 Å². The van der Waals surface area contributed by atoms with Gasteiger partial charge in [-0.05, 0) is 63.0 Å². The Balaban J connectivity index is 1.69. The van der Waals surface area contributed by atoms with Gasteiger partial charge in [0.2, 0.25) is 0 Å². The molecule has 2 aliphatic rings. The second-order valence-corrected chi connectivity index (χ2v) is 5.47. The van der Waals surface area contributed by atoms with Crippen molar-refractivity contribution in [3.63, 3.8) is 0 Å². The number of benzene rings is 1. The first-order valence-electron chi connectivity index (χ1n) is 7.09. The minimum Gasteiger partial charge on any atom is -0.489 e. The van der Waals surface area contributed by atoms with Crippen LogP contribution in [0, 0.1) is 0 Å². The Hall–Kier alpha value is -1.22. The number of nitrogens with zero attached hydrogens (tertiary/aromatic N) is 1. The van der Waals surface area contributed by atoms with Gasteiger partial charge in [0.25, 0.3) is 0 Å². The molecule has 0 bridgehead atoms. The molecule has 2 unspecified atom stereocenters. The molecule has 2 fully saturated rings. The van der Waals surface area contributed by atoms with Gasteiger partial charge in [-0.25, -0.2) is 0 Å². The summed E-state index contributed by atoms with van der Waals surface area (Å²) in [4.78, 5) is 2.62. The summed E-state index contributed by atoms with van der Waals surface area (Å²) in [6, 6.07) is 8.42. The molecule has 2 atom stereocenters. The molecule has 0 spiro atoms. The third kappa shape index (κ3) is 2.46. The summed E-state index contributed by atoms with van der Waals surface area (Å²) in [5, 5.41) is 0. The van der Waals surface area contributed by atoms with Crippen LogP contribution in [0.1, 0.15) is 32.1 Å². The average molecular weight is 246 g/mol. The summed E-state index contributed by atoms with van der Waals surface area (Å²) in [5.74, 6) is 0.960. The summed E-state index contributed by atoms with van der Waals surface area (Å²) in [6.45, 7) is 2.51. The van der Waals surface area contributed by atoms with Crippen molar-refractivity contribution in [1.82, 2.24) is 4.90 Å². The zero-order valence-corrected chi connectivity index (χ0v) is 10.8. The van der Waals surface area contributed by atoms with Gasteiger partial charge < -0.3 is 10.5 Å². The van der Waals surface area contributed by atoms with Crippen LogP contribution in [0.4, 0.5) is 5.69 Å². The number of ether oxygens (including phenoxy) is 1. The number of piperidine rings is 2. The van der Waals surface area contributed by atoms with E-state index < -0.39 is 0 Å². The standard InChI is InChI=1S/C15H22N2O/c16-12-6-8-13(9-7-12)18-15-5-3-11-17-10-2-1-4-14(15)17/h6-9,14-15H,1-5,10-11,16H2. The van der Waals surface area contributed by atoms with E-state index in [0.29, 0.717) is 12.1 Å². The van der Waals surface area contributed by atoms with Crippen LogP contribution >= 0.6 is 0 Å². The maximum atomic E-state index is 6.18. The monoisotopic (exact) mass is 246 g/mol. The highest BCUT2D eigenvalue weighted by atomic mass is 16.5. The number of hydrogen-bond donors (Lipinski definition) is 1. The highest BCUT2D eigenvalue weighted by Gasteiger charge is 2.34. The van der Waals surface area contributed by atoms with Crippen LogP contribution in [0.25, 0.3) is 0 Å². The van der Waals surface area contributed by atoms with Crippen molar-refractivity contribution in [1.29, 1.82) is 0 Å². The molecule has 0 radical (unpaired) electrons. The van der Waals surface area contributed by atoms with Crippen LogP contribution in [-0.4, -0.2) is 30.1 Å². The Bertz CT molecular complexity index is 388. The fourth-order valence-corrected chi connectivity index (χ4v) is 3.26. The first-order chi connectivity index (χ1) is 8.83. The SMILES string of the molecule is Nc1ccc(OC2CCCN3CCCCC23)cc1. The normalized spacial score (nSPS) is 28.7. The Kier molecular flexibility index (Phi) is 3.41. The molecule has 18 heavy (non-hydrogen) atoms. The first kappa shape index (κ1) is 11.8. The van der Waals surface area contributed by atoms with E-state index in [0.717, 1.165) is 11.4 Å². The van der Waals surface area contributed by atoms with E-state index in [9.17, 15) is 0 Å². The number of anilines is 1. The van der Waals surface area contributed by atoms with Crippen molar-refractivity contribution in [3.8, 4) is 5.75 Å². The van der Waals surface area contributed by atoms with E-state index in [2.05, 4.69) is 4.90 Å². The number of fused-ring (bicyclic) bond motifs is 1. The number of nitrogens with two attached hydrogens (primary N) is 1. The number of rotatable bonds is 2. The lowest BCUT2D eigenvalue weighted by molar-refractivity contribution is 0.00561. The van der Waals surface area contributed by atoms with Crippen molar-refractivity contribution >= 4 is 5.69 Å². The fraction of sp³-hybridized carbons (Fsp3) is 0.600.